The topological polar surface area (TPSA) is 84.5 Å². The first-order valence-corrected chi connectivity index (χ1v) is 5.82. The van der Waals surface area contributed by atoms with Crippen LogP contribution in [-0.2, 0) is 6.54 Å². The average Bonchev–Trinajstić information content (AvgIpc) is 2.93. The fraction of sp³-hybridized carbons (Fsp3) is 0.231. The predicted molar refractivity (Wildman–Crippen MR) is 67.8 cm³/mol. The quantitative estimate of drug-likeness (QED) is 0.808. The van der Waals surface area contributed by atoms with Gasteiger partial charge >= 0.3 is 0 Å². The summed E-state index contributed by atoms with van der Waals surface area (Å²) in [7, 11) is 0. The number of nitrogens with one attached hydrogen (secondary N) is 1. The Labute approximate surface area is 109 Å². The van der Waals surface area contributed by atoms with Gasteiger partial charge in [0.15, 0.2) is 5.76 Å². The molecule has 0 spiro atoms. The molecule has 0 aliphatic carbocycles. The zero-order valence-corrected chi connectivity index (χ0v) is 10.2. The second-order valence-electron chi connectivity index (χ2n) is 4.03. The van der Waals surface area contributed by atoms with E-state index in [4.69, 9.17) is 4.42 Å². The molecule has 2 aromatic rings. The molecule has 2 N–H and O–H groups in total. The van der Waals surface area contributed by atoms with Crippen LogP contribution >= 0.6 is 0 Å². The van der Waals surface area contributed by atoms with Gasteiger partial charge in [0.2, 0.25) is 0 Å². The highest BCUT2D eigenvalue weighted by molar-refractivity contribution is 5.91. The molecule has 19 heavy (non-hydrogen) atoms. The predicted octanol–water partition coefficient (Wildman–Crippen LogP) is 0.232. The van der Waals surface area contributed by atoms with E-state index >= 15 is 0 Å². The molecule has 0 aromatic carbocycles. The Morgan fingerprint density at radius 1 is 1.37 bits per heavy atom. The highest BCUT2D eigenvalue weighted by Crippen LogP contribution is 1.99. The van der Waals surface area contributed by atoms with Crippen LogP contribution in [-0.4, -0.2) is 28.2 Å². The van der Waals surface area contributed by atoms with Crippen molar-refractivity contribution in [1.82, 2.24) is 9.88 Å². The van der Waals surface area contributed by atoms with Gasteiger partial charge in [-0.25, -0.2) is 0 Å². The summed E-state index contributed by atoms with van der Waals surface area (Å²) in [5.74, 6) is -0.214. The van der Waals surface area contributed by atoms with E-state index in [0.29, 0.717) is 0 Å². The van der Waals surface area contributed by atoms with Gasteiger partial charge < -0.3 is 19.4 Å². The molecule has 0 fully saturated rings. The van der Waals surface area contributed by atoms with Crippen LogP contribution in [0.4, 0.5) is 0 Å². The minimum Gasteiger partial charge on any atom is -0.459 e. The van der Waals surface area contributed by atoms with Crippen LogP contribution in [0.1, 0.15) is 10.6 Å². The number of hydrogen-bond donors (Lipinski definition) is 2. The zero-order chi connectivity index (χ0) is 13.7. The highest BCUT2D eigenvalue weighted by atomic mass is 16.3. The van der Waals surface area contributed by atoms with Crippen molar-refractivity contribution in [3.05, 3.63) is 58.9 Å². The molecule has 100 valence electrons. The Hall–Kier alpha value is -2.34. The maximum atomic E-state index is 11.5. The van der Waals surface area contributed by atoms with Crippen LogP contribution in [0.5, 0.6) is 0 Å². The molecule has 0 aliphatic heterocycles. The number of furan rings is 1. The zero-order valence-electron chi connectivity index (χ0n) is 10.2. The molecule has 0 aliphatic rings. The number of carbonyl (C=O) groups is 1. The molecule has 6 heteroatoms. The van der Waals surface area contributed by atoms with Gasteiger partial charge in [0.1, 0.15) is 0 Å². The van der Waals surface area contributed by atoms with E-state index in [-0.39, 0.29) is 24.4 Å². The van der Waals surface area contributed by atoms with Crippen molar-refractivity contribution < 1.29 is 14.3 Å². The Balaban J connectivity index is 1.85. The highest BCUT2D eigenvalue weighted by Gasteiger charge is 2.11. The Morgan fingerprint density at radius 3 is 2.89 bits per heavy atom. The SMILES string of the molecule is O=C(NC[C@@H](O)Cn1ccccc1=O)c1ccco1. The van der Waals surface area contributed by atoms with Gasteiger partial charge in [-0.3, -0.25) is 9.59 Å². The summed E-state index contributed by atoms with van der Waals surface area (Å²) in [5, 5.41) is 12.3. The van der Waals surface area contributed by atoms with Crippen molar-refractivity contribution in [3.63, 3.8) is 0 Å². The minimum absolute atomic E-state index is 0.0425. The van der Waals surface area contributed by atoms with Crippen LogP contribution in [0, 0.1) is 0 Å². The van der Waals surface area contributed by atoms with Crippen LogP contribution in [0.2, 0.25) is 0 Å². The van der Waals surface area contributed by atoms with Crippen molar-refractivity contribution >= 4 is 5.91 Å². The summed E-state index contributed by atoms with van der Waals surface area (Å²) >= 11 is 0. The van der Waals surface area contributed by atoms with Gasteiger partial charge in [0.25, 0.3) is 11.5 Å². The summed E-state index contributed by atoms with van der Waals surface area (Å²) in [6.45, 7) is 0.166. The van der Waals surface area contributed by atoms with Gasteiger partial charge in [0, 0.05) is 18.8 Å². The first-order chi connectivity index (χ1) is 9.16. The molecule has 0 unspecified atom stereocenters. The standard InChI is InChI=1S/C13H14N2O4/c16-10(9-15-6-2-1-5-12(15)17)8-14-13(18)11-4-3-7-19-11/h1-7,10,16H,8-9H2,(H,14,18)/t10-/m1/s1. The third-order valence-electron chi connectivity index (χ3n) is 2.55. The Kier molecular flexibility index (Phi) is 4.15. The van der Waals surface area contributed by atoms with Crippen LogP contribution < -0.4 is 10.9 Å². The normalized spacial score (nSPS) is 12.1. The van der Waals surface area contributed by atoms with E-state index in [1.807, 2.05) is 0 Å². The molecular weight excluding hydrogens is 248 g/mol. The smallest absolute Gasteiger partial charge is 0.287 e. The first kappa shape index (κ1) is 13.1. The lowest BCUT2D eigenvalue weighted by Crippen LogP contribution is -2.36. The number of amides is 1. The molecule has 0 saturated heterocycles. The number of aliphatic hydroxyl groups excluding tert-OH is 1. The molecule has 2 heterocycles. The maximum absolute atomic E-state index is 11.5. The number of rotatable bonds is 5. The Morgan fingerprint density at radius 2 is 2.21 bits per heavy atom. The molecule has 0 bridgehead atoms. The molecule has 0 saturated carbocycles. The number of hydrogen-bond acceptors (Lipinski definition) is 4. The van der Waals surface area contributed by atoms with Crippen molar-refractivity contribution in [2.24, 2.45) is 0 Å². The number of nitrogens with zero attached hydrogens (tertiary/aromatic N) is 1. The van der Waals surface area contributed by atoms with Gasteiger partial charge in [-0.05, 0) is 18.2 Å². The average molecular weight is 262 g/mol. The summed E-state index contributed by atoms with van der Waals surface area (Å²) in [6.07, 6.45) is 2.13. The van der Waals surface area contributed by atoms with Crippen molar-refractivity contribution in [3.8, 4) is 0 Å². The lowest BCUT2D eigenvalue weighted by atomic mass is 10.3. The number of carbonyl (C=O) groups excluding carboxylic acids is 1. The van der Waals surface area contributed by atoms with Gasteiger partial charge in [-0.15, -0.1) is 0 Å². The van der Waals surface area contributed by atoms with Gasteiger partial charge in [-0.1, -0.05) is 6.07 Å². The van der Waals surface area contributed by atoms with E-state index < -0.39 is 12.0 Å². The summed E-state index contributed by atoms with van der Waals surface area (Å²) in [6, 6.07) is 7.88. The summed E-state index contributed by atoms with van der Waals surface area (Å²) < 4.78 is 6.29. The molecule has 2 aromatic heterocycles. The van der Waals surface area contributed by atoms with E-state index in [1.54, 1.807) is 24.4 Å². The maximum Gasteiger partial charge on any atom is 0.287 e. The van der Waals surface area contributed by atoms with Gasteiger partial charge in [-0.2, -0.15) is 0 Å². The molecule has 2 rings (SSSR count). The number of aliphatic hydroxyl groups is 1. The fourth-order valence-corrected chi connectivity index (χ4v) is 1.61. The third kappa shape index (κ3) is 3.56. The molecule has 6 nitrogen and oxygen atoms in total. The van der Waals surface area contributed by atoms with E-state index in [9.17, 15) is 14.7 Å². The van der Waals surface area contributed by atoms with Crippen molar-refractivity contribution in [2.45, 2.75) is 12.6 Å². The number of aromatic nitrogens is 1. The second kappa shape index (κ2) is 6.01. The molecular formula is C13H14N2O4. The lowest BCUT2D eigenvalue weighted by Gasteiger charge is -2.12. The third-order valence-corrected chi connectivity index (χ3v) is 2.55. The monoisotopic (exact) mass is 262 g/mol. The van der Waals surface area contributed by atoms with E-state index in [1.165, 1.54) is 23.0 Å². The van der Waals surface area contributed by atoms with Crippen LogP contribution in [0.25, 0.3) is 0 Å². The fourth-order valence-electron chi connectivity index (χ4n) is 1.61. The largest absolute Gasteiger partial charge is 0.459 e. The molecule has 1 amide bonds. The lowest BCUT2D eigenvalue weighted by molar-refractivity contribution is 0.0876. The molecule has 0 radical (unpaired) electrons. The van der Waals surface area contributed by atoms with Crippen LogP contribution in [0.3, 0.4) is 0 Å². The van der Waals surface area contributed by atoms with Crippen LogP contribution in [0.15, 0.2) is 52.0 Å². The number of pyridine rings is 1. The Bertz CT molecular complexity index is 589. The first-order valence-electron chi connectivity index (χ1n) is 5.82. The van der Waals surface area contributed by atoms with Gasteiger partial charge in [0.05, 0.1) is 18.9 Å². The second-order valence-corrected chi connectivity index (χ2v) is 4.03. The van der Waals surface area contributed by atoms with E-state index in [0.717, 1.165) is 0 Å². The minimum atomic E-state index is -0.848. The summed E-state index contributed by atoms with van der Waals surface area (Å²) in [5.41, 5.74) is -0.195. The molecule has 1 atom stereocenters. The summed E-state index contributed by atoms with van der Waals surface area (Å²) in [4.78, 5) is 23.0. The van der Waals surface area contributed by atoms with Crippen molar-refractivity contribution in [2.75, 3.05) is 6.54 Å². The van der Waals surface area contributed by atoms with Crippen molar-refractivity contribution in [1.29, 1.82) is 0 Å². The van der Waals surface area contributed by atoms with E-state index in [2.05, 4.69) is 5.32 Å².